The summed E-state index contributed by atoms with van der Waals surface area (Å²) in [5.74, 6) is 1.27. The third-order valence-corrected chi connectivity index (χ3v) is 14.2. The number of aldehydes is 1. The van der Waals surface area contributed by atoms with Crippen molar-refractivity contribution in [1.82, 2.24) is 20.0 Å². The van der Waals surface area contributed by atoms with Gasteiger partial charge in [0, 0.05) is 88.4 Å². The predicted molar refractivity (Wildman–Crippen MR) is 249 cm³/mol. The van der Waals surface area contributed by atoms with E-state index in [1.54, 1.807) is 14.1 Å². The maximum Gasteiger partial charge on any atom is 0.254 e. The van der Waals surface area contributed by atoms with Crippen LogP contribution in [0.15, 0.2) is 78.4 Å². The summed E-state index contributed by atoms with van der Waals surface area (Å²) in [5.41, 5.74) is 10.8. The highest BCUT2D eigenvalue weighted by atomic mass is 16.3. The topological polar surface area (TPSA) is 114 Å². The number of benzene rings is 3. The van der Waals surface area contributed by atoms with Crippen molar-refractivity contribution in [2.45, 2.75) is 116 Å². The van der Waals surface area contributed by atoms with Crippen molar-refractivity contribution >= 4 is 30.6 Å². The van der Waals surface area contributed by atoms with E-state index >= 15 is 0 Å². The summed E-state index contributed by atoms with van der Waals surface area (Å²) >= 11 is 0. The van der Waals surface area contributed by atoms with Gasteiger partial charge in [-0.3, -0.25) is 14.5 Å². The van der Waals surface area contributed by atoms with Crippen LogP contribution < -0.4 is 10.2 Å². The fourth-order valence-corrected chi connectivity index (χ4v) is 10.9. The number of phenolic OH excluding ortho intramolecular Hbond substituents is 1. The SMILES string of the molecule is C/C=C\C(=C/CC)[C@H]1CCc2cc(O)ccc2[C@H]1c1ccc(N2CC(CN(C)C3CCC(N4Cc5cc(C)c(C(=O)N(C)C(CCC=O)C(=O)NC)cc5C4)CC3)C2)cc1.C=O. The Labute approximate surface area is 370 Å². The molecule has 3 aromatic rings. The molecule has 1 unspecified atom stereocenters. The van der Waals surface area contributed by atoms with Gasteiger partial charge in [-0.25, -0.2) is 0 Å². The molecule has 3 atom stereocenters. The molecule has 0 bridgehead atoms. The quantitative estimate of drug-likeness (QED) is 0.117. The van der Waals surface area contributed by atoms with Gasteiger partial charge in [0.05, 0.1) is 0 Å². The highest BCUT2D eigenvalue weighted by molar-refractivity contribution is 5.98. The highest BCUT2D eigenvalue weighted by Gasteiger charge is 2.36. The van der Waals surface area contributed by atoms with Crippen molar-refractivity contribution in [2.24, 2.45) is 11.8 Å². The second-order valence-electron chi connectivity index (χ2n) is 18.0. The summed E-state index contributed by atoms with van der Waals surface area (Å²) in [5, 5.41) is 12.9. The molecule has 10 nitrogen and oxygen atoms in total. The predicted octanol–water partition coefficient (Wildman–Crippen LogP) is 7.98. The fraction of sp³-hybridized carbons (Fsp3) is 0.500. The van der Waals surface area contributed by atoms with Gasteiger partial charge in [-0.15, -0.1) is 0 Å². The van der Waals surface area contributed by atoms with Crippen molar-refractivity contribution < 1.29 is 24.3 Å². The Hall–Kier alpha value is -5.06. The Balaban J connectivity index is 0.00000316. The molecule has 10 heteroatoms. The van der Waals surface area contributed by atoms with E-state index in [-0.39, 0.29) is 24.2 Å². The van der Waals surface area contributed by atoms with Crippen molar-refractivity contribution in [1.29, 1.82) is 0 Å². The molecule has 2 heterocycles. The van der Waals surface area contributed by atoms with Crippen molar-refractivity contribution in [3.05, 3.63) is 117 Å². The van der Waals surface area contributed by atoms with Crippen molar-refractivity contribution in [3.63, 3.8) is 0 Å². The van der Waals surface area contributed by atoms with E-state index in [1.807, 2.05) is 31.9 Å². The van der Waals surface area contributed by atoms with Crippen LogP contribution in [-0.2, 0) is 33.9 Å². The second kappa shape index (κ2) is 21.3. The lowest BCUT2D eigenvalue weighted by atomic mass is 9.68. The third kappa shape index (κ3) is 10.2. The number of aryl methyl sites for hydroxylation is 2. The molecule has 1 saturated heterocycles. The Morgan fingerprint density at radius 3 is 2.29 bits per heavy atom. The number of nitrogens with zero attached hydrogens (tertiary/aromatic N) is 4. The van der Waals surface area contributed by atoms with Crippen LogP contribution in [0.2, 0.25) is 0 Å². The van der Waals surface area contributed by atoms with Gasteiger partial charge in [0.1, 0.15) is 24.9 Å². The average molecular weight is 844 g/mol. The molecule has 2 N–H and O–H groups in total. The average Bonchev–Trinajstić information content (AvgIpc) is 3.70. The molecule has 3 aromatic carbocycles. The summed E-state index contributed by atoms with van der Waals surface area (Å²) in [6.07, 6.45) is 16.0. The Bertz CT molecular complexity index is 2080. The van der Waals surface area contributed by atoms with Gasteiger partial charge in [-0.1, -0.05) is 49.4 Å². The first-order chi connectivity index (χ1) is 30.0. The Kier molecular flexibility index (Phi) is 16.0. The van der Waals surface area contributed by atoms with Crippen LogP contribution in [0, 0.1) is 18.8 Å². The van der Waals surface area contributed by atoms with E-state index in [4.69, 9.17) is 4.79 Å². The van der Waals surface area contributed by atoms with Gasteiger partial charge < -0.3 is 34.7 Å². The van der Waals surface area contributed by atoms with Gasteiger partial charge in [-0.05, 0) is 147 Å². The summed E-state index contributed by atoms with van der Waals surface area (Å²) in [4.78, 5) is 54.6. The number of likely N-dealkylation sites (N-methyl/N-ethyl adjacent to an activating group) is 2. The fourth-order valence-electron chi connectivity index (χ4n) is 10.9. The van der Waals surface area contributed by atoms with E-state index in [0.717, 1.165) is 63.8 Å². The summed E-state index contributed by atoms with van der Waals surface area (Å²) in [6, 6.07) is 20.0. The van der Waals surface area contributed by atoms with Crippen LogP contribution in [0.5, 0.6) is 5.75 Å². The minimum atomic E-state index is -0.686. The van der Waals surface area contributed by atoms with Crippen LogP contribution >= 0.6 is 0 Å². The lowest BCUT2D eigenvalue weighted by molar-refractivity contribution is -0.125. The number of hydrogen-bond acceptors (Lipinski definition) is 8. The molecule has 4 aliphatic rings. The zero-order chi connectivity index (χ0) is 44.5. The molecule has 0 spiro atoms. The normalized spacial score (nSPS) is 22.0. The van der Waals surface area contributed by atoms with Gasteiger partial charge in [-0.2, -0.15) is 0 Å². The maximum atomic E-state index is 13.7. The van der Waals surface area contributed by atoms with Crippen LogP contribution in [0.4, 0.5) is 5.69 Å². The molecular formula is C52H69N5O5. The number of hydrogen-bond donors (Lipinski definition) is 2. The molecule has 2 aliphatic carbocycles. The zero-order valence-electron chi connectivity index (χ0n) is 37.9. The largest absolute Gasteiger partial charge is 0.508 e. The van der Waals surface area contributed by atoms with Gasteiger partial charge in [0.2, 0.25) is 5.91 Å². The molecule has 2 aliphatic heterocycles. The van der Waals surface area contributed by atoms with Crippen LogP contribution in [-0.4, -0.2) is 104 Å². The monoisotopic (exact) mass is 844 g/mol. The molecule has 0 radical (unpaired) electrons. The van der Waals surface area contributed by atoms with E-state index < -0.39 is 6.04 Å². The molecule has 332 valence electrons. The number of rotatable bonds is 15. The molecule has 7 rings (SSSR count). The first-order valence-corrected chi connectivity index (χ1v) is 22.8. The van der Waals surface area contributed by atoms with Crippen LogP contribution in [0.1, 0.15) is 115 Å². The summed E-state index contributed by atoms with van der Waals surface area (Å²) < 4.78 is 0. The molecule has 2 fully saturated rings. The molecule has 2 amide bonds. The van der Waals surface area contributed by atoms with Gasteiger partial charge in [0.25, 0.3) is 5.91 Å². The lowest BCUT2D eigenvalue weighted by Crippen LogP contribution is -2.53. The Morgan fingerprint density at radius 1 is 0.952 bits per heavy atom. The van der Waals surface area contributed by atoms with E-state index in [9.17, 15) is 19.5 Å². The van der Waals surface area contributed by atoms with Crippen molar-refractivity contribution in [2.75, 3.05) is 45.7 Å². The number of amides is 2. The third-order valence-electron chi connectivity index (χ3n) is 14.2. The summed E-state index contributed by atoms with van der Waals surface area (Å²) in [6.45, 7) is 13.4. The number of aromatic hydroxyl groups is 1. The van der Waals surface area contributed by atoms with E-state index in [1.165, 1.54) is 69.7 Å². The maximum absolute atomic E-state index is 13.7. The lowest BCUT2D eigenvalue weighted by Gasteiger charge is -2.45. The zero-order valence-corrected chi connectivity index (χ0v) is 37.9. The van der Waals surface area contributed by atoms with E-state index in [2.05, 4.69) is 95.5 Å². The molecule has 1 saturated carbocycles. The number of nitrogens with one attached hydrogen (secondary N) is 1. The second-order valence-corrected chi connectivity index (χ2v) is 18.0. The standard InChI is InChI=1S/C51H67N5O4.CH2O/c1-7-10-36(11-8-2)45-23-15-38-27-44(58)22-24-46(38)49(45)37-13-16-42(17-14-37)55-30-35(31-55)29-53(5)41-18-20-43(21-19-41)56-32-39-26-34(3)47(28-40(39)33-56)51(60)54(6)48(12-9-25-57)50(59)52-4;1-2/h7,10-11,13-14,16-17,22,24-28,35,41,43,45,48-49,58H,8-9,12,15,18-21,23,29-33H2,1-6H3,(H,52,59);1H2/b10-7-,36-11+;/t41?,43?,45-,48?,49+;/m1./s1. The number of phenols is 1. The number of carbonyl (C=O) groups excluding carboxylic acids is 4. The minimum Gasteiger partial charge on any atom is -0.508 e. The first kappa shape index (κ1) is 46.4. The first-order valence-electron chi connectivity index (χ1n) is 22.8. The molecular weight excluding hydrogens is 775 g/mol. The van der Waals surface area contributed by atoms with Crippen molar-refractivity contribution in [3.8, 4) is 5.75 Å². The van der Waals surface area contributed by atoms with E-state index in [0.29, 0.717) is 41.7 Å². The number of fused-ring (bicyclic) bond motifs is 2. The Morgan fingerprint density at radius 2 is 1.65 bits per heavy atom. The number of anilines is 1. The van der Waals surface area contributed by atoms with Gasteiger partial charge in [0.15, 0.2) is 0 Å². The van der Waals surface area contributed by atoms with Crippen LogP contribution in [0.25, 0.3) is 0 Å². The summed E-state index contributed by atoms with van der Waals surface area (Å²) in [7, 11) is 5.55. The van der Waals surface area contributed by atoms with Gasteiger partial charge >= 0.3 is 0 Å². The molecule has 0 aromatic heterocycles. The number of carbonyl (C=O) groups is 4. The number of allylic oxidation sites excluding steroid dienone is 4. The minimum absolute atomic E-state index is 0.179. The highest BCUT2D eigenvalue weighted by Crippen LogP contribution is 2.46. The smallest absolute Gasteiger partial charge is 0.254 e. The molecule has 62 heavy (non-hydrogen) atoms. The van der Waals surface area contributed by atoms with Crippen LogP contribution in [0.3, 0.4) is 0 Å².